The summed E-state index contributed by atoms with van der Waals surface area (Å²) in [4.78, 5) is 0. The number of fused-ring (bicyclic) bond motifs is 1. The number of hydrogen-bond donors (Lipinski definition) is 0. The zero-order valence-corrected chi connectivity index (χ0v) is 12.5. The molecule has 18 heavy (non-hydrogen) atoms. The van der Waals surface area contributed by atoms with E-state index in [4.69, 9.17) is 0 Å². The fourth-order valence-corrected chi connectivity index (χ4v) is 1.62. The van der Waals surface area contributed by atoms with Crippen LogP contribution in [0.5, 0.6) is 0 Å². The number of aryl methyl sites for hydroxylation is 1. The Morgan fingerprint density at radius 2 is 1.72 bits per heavy atom. The highest BCUT2D eigenvalue weighted by molar-refractivity contribution is 5.84. The first kappa shape index (κ1) is 16.3. The van der Waals surface area contributed by atoms with Gasteiger partial charge in [0.05, 0.1) is 0 Å². The van der Waals surface area contributed by atoms with Crippen LogP contribution in [0, 0.1) is 0 Å². The Morgan fingerprint density at radius 1 is 1.11 bits per heavy atom. The Bertz CT molecular complexity index is 526. The van der Waals surface area contributed by atoms with Crippen LogP contribution in [0.2, 0.25) is 0 Å². The van der Waals surface area contributed by atoms with E-state index in [1.807, 2.05) is 34.6 Å². The summed E-state index contributed by atoms with van der Waals surface area (Å²) in [6.07, 6.45) is 2.07. The molecule has 1 nitrogen and oxygen atoms in total. The van der Waals surface area contributed by atoms with Gasteiger partial charge in [0.2, 0.25) is 0 Å². The van der Waals surface area contributed by atoms with Gasteiger partial charge in [0.1, 0.15) is 0 Å². The van der Waals surface area contributed by atoms with Crippen molar-refractivity contribution in [2.75, 3.05) is 0 Å². The molecule has 0 aliphatic heterocycles. The third-order valence-corrected chi connectivity index (χ3v) is 2.58. The SMILES string of the molecule is C=C=C(C)c1ccc2c(ccn2C)c1.CC.CC. The van der Waals surface area contributed by atoms with Crippen LogP contribution in [0.1, 0.15) is 40.2 Å². The molecule has 0 spiro atoms. The summed E-state index contributed by atoms with van der Waals surface area (Å²) in [7, 11) is 2.05. The van der Waals surface area contributed by atoms with Crippen molar-refractivity contribution in [3.8, 4) is 0 Å². The topological polar surface area (TPSA) is 4.93 Å². The Kier molecular flexibility index (Phi) is 7.58. The van der Waals surface area contributed by atoms with Crippen molar-refractivity contribution in [1.29, 1.82) is 0 Å². The zero-order chi connectivity index (χ0) is 14.1. The molecule has 2 aromatic rings. The van der Waals surface area contributed by atoms with Crippen LogP contribution in [0.15, 0.2) is 42.8 Å². The lowest BCUT2D eigenvalue weighted by Crippen LogP contribution is -1.84. The first-order valence-corrected chi connectivity index (χ1v) is 6.64. The molecule has 0 saturated heterocycles. The molecule has 0 N–H and O–H groups in total. The largest absolute Gasteiger partial charge is 0.351 e. The molecule has 2 rings (SSSR count). The Morgan fingerprint density at radius 3 is 2.28 bits per heavy atom. The van der Waals surface area contributed by atoms with E-state index in [1.165, 1.54) is 16.5 Å². The van der Waals surface area contributed by atoms with Gasteiger partial charge in [0, 0.05) is 24.1 Å². The van der Waals surface area contributed by atoms with Crippen LogP contribution in [0.25, 0.3) is 16.5 Å². The van der Waals surface area contributed by atoms with Crippen LogP contribution in [-0.2, 0) is 7.05 Å². The molecule has 1 heteroatoms. The number of allylic oxidation sites excluding steroid dienone is 1. The first-order chi connectivity index (χ1) is 8.72. The molecule has 0 aliphatic rings. The highest BCUT2D eigenvalue weighted by atomic mass is 14.9. The molecular formula is C17H25N. The second-order valence-electron chi connectivity index (χ2n) is 3.50. The van der Waals surface area contributed by atoms with Crippen molar-refractivity contribution in [2.24, 2.45) is 7.05 Å². The molecule has 0 saturated carbocycles. The van der Waals surface area contributed by atoms with E-state index in [9.17, 15) is 0 Å². The second kappa shape index (κ2) is 8.38. The normalized spacial score (nSPS) is 8.56. The van der Waals surface area contributed by atoms with E-state index in [2.05, 4.69) is 54.4 Å². The lowest BCUT2D eigenvalue weighted by atomic mass is 10.1. The van der Waals surface area contributed by atoms with Crippen molar-refractivity contribution >= 4 is 16.5 Å². The summed E-state index contributed by atoms with van der Waals surface area (Å²) in [6, 6.07) is 8.53. The standard InChI is InChI=1S/C13H13N.2C2H6/c1-4-10(2)11-5-6-13-12(9-11)7-8-14(13)3;2*1-2/h5-9H,1H2,2-3H3;2*1-2H3. The van der Waals surface area contributed by atoms with Crippen molar-refractivity contribution < 1.29 is 0 Å². The quantitative estimate of drug-likeness (QED) is 0.589. The summed E-state index contributed by atoms with van der Waals surface area (Å²) >= 11 is 0. The maximum absolute atomic E-state index is 3.66. The highest BCUT2D eigenvalue weighted by Gasteiger charge is 2.00. The molecule has 98 valence electrons. The average Bonchev–Trinajstić information content (AvgIpc) is 2.83. The lowest BCUT2D eigenvalue weighted by Gasteiger charge is -2.00. The van der Waals surface area contributed by atoms with Gasteiger partial charge in [-0.2, -0.15) is 0 Å². The Hall–Kier alpha value is -1.72. The van der Waals surface area contributed by atoms with Crippen LogP contribution in [0.3, 0.4) is 0 Å². The minimum absolute atomic E-state index is 1.09. The van der Waals surface area contributed by atoms with Crippen LogP contribution in [0.4, 0.5) is 0 Å². The molecule has 1 aromatic carbocycles. The Labute approximate surface area is 111 Å². The molecule has 0 radical (unpaired) electrons. The van der Waals surface area contributed by atoms with Crippen LogP contribution in [-0.4, -0.2) is 4.57 Å². The minimum Gasteiger partial charge on any atom is -0.351 e. The van der Waals surface area contributed by atoms with Gasteiger partial charge in [0.25, 0.3) is 0 Å². The van der Waals surface area contributed by atoms with Gasteiger partial charge >= 0.3 is 0 Å². The average molecular weight is 243 g/mol. The van der Waals surface area contributed by atoms with Crippen LogP contribution < -0.4 is 0 Å². The van der Waals surface area contributed by atoms with E-state index in [0.29, 0.717) is 0 Å². The Balaban J connectivity index is 0.000000659. The van der Waals surface area contributed by atoms with E-state index in [0.717, 1.165) is 5.57 Å². The molecular weight excluding hydrogens is 218 g/mol. The van der Waals surface area contributed by atoms with Crippen molar-refractivity contribution in [3.05, 3.63) is 48.3 Å². The van der Waals surface area contributed by atoms with Gasteiger partial charge in [-0.15, -0.1) is 5.73 Å². The highest BCUT2D eigenvalue weighted by Crippen LogP contribution is 2.20. The summed E-state index contributed by atoms with van der Waals surface area (Å²) in [5.74, 6) is 0. The molecule has 0 bridgehead atoms. The van der Waals surface area contributed by atoms with Gasteiger partial charge in [-0.25, -0.2) is 0 Å². The van der Waals surface area contributed by atoms with Gasteiger partial charge < -0.3 is 4.57 Å². The summed E-state index contributed by atoms with van der Waals surface area (Å²) in [5.41, 5.74) is 6.45. The summed E-state index contributed by atoms with van der Waals surface area (Å²) < 4.78 is 2.12. The van der Waals surface area contributed by atoms with Gasteiger partial charge in [0.15, 0.2) is 0 Å². The minimum atomic E-state index is 1.09. The summed E-state index contributed by atoms with van der Waals surface area (Å²) in [6.45, 7) is 13.7. The summed E-state index contributed by atoms with van der Waals surface area (Å²) in [5, 5.41) is 1.26. The predicted octanol–water partition coefficient (Wildman–Crippen LogP) is 5.42. The number of aromatic nitrogens is 1. The third kappa shape index (κ3) is 3.65. The maximum atomic E-state index is 3.66. The molecule has 0 atom stereocenters. The molecule has 0 fully saturated rings. The van der Waals surface area contributed by atoms with Crippen molar-refractivity contribution in [1.82, 2.24) is 4.57 Å². The molecule has 1 aromatic heterocycles. The van der Waals surface area contributed by atoms with Gasteiger partial charge in [-0.1, -0.05) is 40.3 Å². The van der Waals surface area contributed by atoms with E-state index in [-0.39, 0.29) is 0 Å². The first-order valence-electron chi connectivity index (χ1n) is 6.64. The van der Waals surface area contributed by atoms with Crippen molar-refractivity contribution in [3.63, 3.8) is 0 Å². The van der Waals surface area contributed by atoms with E-state index >= 15 is 0 Å². The number of hydrogen-bond acceptors (Lipinski definition) is 0. The lowest BCUT2D eigenvalue weighted by molar-refractivity contribution is 0.969. The number of rotatable bonds is 1. The number of nitrogens with zero attached hydrogens (tertiary/aromatic N) is 1. The van der Waals surface area contributed by atoms with Gasteiger partial charge in [-0.05, 0) is 36.3 Å². The molecule has 0 aliphatic carbocycles. The molecule has 0 unspecified atom stereocenters. The fraction of sp³-hybridized carbons (Fsp3) is 0.353. The fourth-order valence-electron chi connectivity index (χ4n) is 1.62. The molecule has 0 amide bonds. The molecule has 1 heterocycles. The maximum Gasteiger partial charge on any atom is 0.0478 e. The zero-order valence-electron chi connectivity index (χ0n) is 12.5. The van der Waals surface area contributed by atoms with E-state index in [1.54, 1.807) is 0 Å². The van der Waals surface area contributed by atoms with Gasteiger partial charge in [-0.3, -0.25) is 0 Å². The van der Waals surface area contributed by atoms with E-state index < -0.39 is 0 Å². The van der Waals surface area contributed by atoms with Crippen molar-refractivity contribution in [2.45, 2.75) is 34.6 Å². The van der Waals surface area contributed by atoms with Crippen LogP contribution >= 0.6 is 0 Å². The number of benzene rings is 1. The second-order valence-corrected chi connectivity index (χ2v) is 3.50. The monoisotopic (exact) mass is 243 g/mol. The smallest absolute Gasteiger partial charge is 0.0478 e. The third-order valence-electron chi connectivity index (χ3n) is 2.58. The predicted molar refractivity (Wildman–Crippen MR) is 83.8 cm³/mol.